The summed E-state index contributed by atoms with van der Waals surface area (Å²) in [5.41, 5.74) is 7.47. The van der Waals surface area contributed by atoms with E-state index in [9.17, 15) is 9.28 Å². The third-order valence-corrected chi connectivity index (χ3v) is 4.44. The zero-order valence-corrected chi connectivity index (χ0v) is 12.3. The van der Waals surface area contributed by atoms with Gasteiger partial charge in [0.2, 0.25) is 5.91 Å². The van der Waals surface area contributed by atoms with E-state index in [0.717, 1.165) is 37.8 Å². The molecule has 114 valence electrons. The summed E-state index contributed by atoms with van der Waals surface area (Å²) in [6.07, 6.45) is 8.42. The molecule has 3 rings (SSSR count). The number of hydrogen-bond donors (Lipinski definition) is 2. The molecule has 21 heavy (non-hydrogen) atoms. The third kappa shape index (κ3) is 3.07. The maximum Gasteiger partial charge on any atom is 0.224 e. The molecule has 1 aromatic rings. The van der Waals surface area contributed by atoms with E-state index in [2.05, 4.69) is 5.32 Å². The lowest BCUT2D eigenvalue weighted by atomic mass is 9.92. The maximum absolute atomic E-state index is 12.1. The number of rotatable bonds is 5. The Morgan fingerprint density at radius 1 is 1.05 bits per heavy atom. The van der Waals surface area contributed by atoms with Gasteiger partial charge in [-0.2, -0.15) is 5.54 Å². The molecular weight excluding hydrogens is 269 g/mol. The van der Waals surface area contributed by atoms with Crippen molar-refractivity contribution < 1.29 is 9.28 Å². The second-order valence-corrected chi connectivity index (χ2v) is 5.93. The first-order valence-electron chi connectivity index (χ1n) is 7.96. The largest absolute Gasteiger partial charge is 0.325 e. The fourth-order valence-corrected chi connectivity index (χ4v) is 3.42. The van der Waals surface area contributed by atoms with Crippen LogP contribution >= 0.6 is 0 Å². The van der Waals surface area contributed by atoms with E-state index in [1.807, 2.05) is 0 Å². The van der Waals surface area contributed by atoms with Crippen molar-refractivity contribution in [2.45, 2.75) is 57.8 Å². The molecule has 0 aromatic carbocycles. The normalized spacial score (nSPS) is 16.4. The fourth-order valence-electron chi connectivity index (χ4n) is 3.42. The number of carbonyl (C=O) groups excluding carboxylic acids is 1. The Hall–Kier alpha value is -1.49. The van der Waals surface area contributed by atoms with Crippen molar-refractivity contribution in [1.29, 1.82) is 0 Å². The lowest BCUT2D eigenvalue weighted by Crippen LogP contribution is -2.19. The van der Waals surface area contributed by atoms with E-state index in [4.69, 9.17) is 4.98 Å². The summed E-state index contributed by atoms with van der Waals surface area (Å²) in [4.78, 5) is 16.9. The molecule has 0 unspecified atom stereocenters. The van der Waals surface area contributed by atoms with Crippen LogP contribution in [0.25, 0.3) is 0 Å². The molecule has 0 spiro atoms. The van der Waals surface area contributed by atoms with E-state index in [1.54, 1.807) is 5.54 Å². The molecule has 0 bridgehead atoms. The maximum atomic E-state index is 12.1. The topological polar surface area (TPSA) is 54.0 Å². The highest BCUT2D eigenvalue weighted by molar-refractivity contribution is 5.93. The highest BCUT2D eigenvalue weighted by Crippen LogP contribution is 2.35. The van der Waals surface area contributed by atoms with Crippen molar-refractivity contribution in [2.75, 3.05) is 11.9 Å². The van der Waals surface area contributed by atoms with Gasteiger partial charge in [0.25, 0.3) is 0 Å². The Morgan fingerprint density at radius 3 is 2.48 bits per heavy atom. The van der Waals surface area contributed by atoms with Gasteiger partial charge in [-0.1, -0.05) is 0 Å². The molecule has 4 nitrogen and oxygen atoms in total. The molecule has 1 aromatic heterocycles. The van der Waals surface area contributed by atoms with Gasteiger partial charge in [-0.25, -0.2) is 0 Å². The van der Waals surface area contributed by atoms with Crippen LogP contribution in [-0.4, -0.2) is 17.4 Å². The van der Waals surface area contributed by atoms with Gasteiger partial charge in [0.05, 0.1) is 5.69 Å². The lowest BCUT2D eigenvalue weighted by Gasteiger charge is -2.22. The molecular formula is C16H22FN3O. The van der Waals surface area contributed by atoms with Gasteiger partial charge >= 0.3 is 0 Å². The Bertz CT molecular complexity index is 545. The molecule has 0 radical (unpaired) electrons. The molecule has 2 N–H and O–H groups in total. The molecule has 5 heteroatoms. The van der Waals surface area contributed by atoms with E-state index in [1.165, 1.54) is 35.4 Å². The van der Waals surface area contributed by atoms with Crippen molar-refractivity contribution in [2.24, 2.45) is 0 Å². The zero-order valence-electron chi connectivity index (χ0n) is 12.3. The van der Waals surface area contributed by atoms with Gasteiger partial charge in [0, 0.05) is 24.4 Å². The van der Waals surface area contributed by atoms with Crippen LogP contribution in [0.15, 0.2) is 0 Å². The summed E-state index contributed by atoms with van der Waals surface area (Å²) >= 11 is 0. The summed E-state index contributed by atoms with van der Waals surface area (Å²) in [5, 5.41) is 3.10. The average molecular weight is 291 g/mol. The standard InChI is InChI=1S/C16H22FN3O/c17-18-10-4-9-15(21)20-16-11-5-1-2-7-13(11)19-14-8-3-6-12(14)16/h18H,1-10H2,(H,19,20,21). The fraction of sp³-hybridized carbons (Fsp3) is 0.625. The number of aryl methyl sites for hydroxylation is 2. The monoisotopic (exact) mass is 291 g/mol. The second kappa shape index (κ2) is 6.52. The molecule has 2 aliphatic carbocycles. The van der Waals surface area contributed by atoms with Crippen molar-refractivity contribution >= 4 is 11.6 Å². The number of fused-ring (bicyclic) bond motifs is 2. The van der Waals surface area contributed by atoms with Gasteiger partial charge in [-0.15, -0.1) is 4.48 Å². The first-order chi connectivity index (χ1) is 10.3. The van der Waals surface area contributed by atoms with Gasteiger partial charge in [-0.05, 0) is 62.5 Å². The third-order valence-electron chi connectivity index (χ3n) is 4.44. The first-order valence-corrected chi connectivity index (χ1v) is 7.96. The predicted octanol–water partition coefficient (Wildman–Crippen LogP) is 2.64. The van der Waals surface area contributed by atoms with Crippen LogP contribution in [0.2, 0.25) is 0 Å². The molecule has 2 aliphatic rings. The number of nitrogens with zero attached hydrogens (tertiary/aromatic N) is 1. The number of aromatic nitrogens is 1. The van der Waals surface area contributed by atoms with Gasteiger partial charge in [0.1, 0.15) is 0 Å². The van der Waals surface area contributed by atoms with Crippen LogP contribution < -0.4 is 10.9 Å². The van der Waals surface area contributed by atoms with E-state index in [-0.39, 0.29) is 12.5 Å². The number of carbonyl (C=O) groups is 1. The molecule has 1 heterocycles. The highest BCUT2D eigenvalue weighted by atomic mass is 19.2. The Kier molecular flexibility index (Phi) is 4.48. The zero-order chi connectivity index (χ0) is 14.7. The van der Waals surface area contributed by atoms with Crippen LogP contribution in [0.5, 0.6) is 0 Å². The predicted molar refractivity (Wildman–Crippen MR) is 79.9 cm³/mol. The molecule has 0 saturated carbocycles. The Labute approximate surface area is 124 Å². The molecule has 0 atom stereocenters. The van der Waals surface area contributed by atoms with Crippen molar-refractivity contribution in [1.82, 2.24) is 10.5 Å². The number of hydrogen-bond acceptors (Lipinski definition) is 3. The molecule has 0 saturated heterocycles. The average Bonchev–Trinajstić information content (AvgIpc) is 2.95. The summed E-state index contributed by atoms with van der Waals surface area (Å²) in [5.74, 6) is -0.0154. The summed E-state index contributed by atoms with van der Waals surface area (Å²) in [6.45, 7) is 0.222. The second-order valence-electron chi connectivity index (χ2n) is 5.93. The number of nitrogens with one attached hydrogen (secondary N) is 2. The SMILES string of the molecule is O=C(CCCNF)Nc1c2c(nc3c1CCC3)CCCC2. The highest BCUT2D eigenvalue weighted by Gasteiger charge is 2.25. The van der Waals surface area contributed by atoms with E-state index < -0.39 is 0 Å². The van der Waals surface area contributed by atoms with Gasteiger partial charge in [0.15, 0.2) is 0 Å². The molecule has 0 aliphatic heterocycles. The minimum absolute atomic E-state index is 0.0154. The summed E-state index contributed by atoms with van der Waals surface area (Å²) in [6, 6.07) is 0. The number of halogens is 1. The molecule has 1 amide bonds. The lowest BCUT2D eigenvalue weighted by molar-refractivity contribution is -0.116. The van der Waals surface area contributed by atoms with Crippen LogP contribution in [-0.2, 0) is 30.5 Å². The van der Waals surface area contributed by atoms with Gasteiger partial charge < -0.3 is 5.32 Å². The van der Waals surface area contributed by atoms with Crippen LogP contribution in [0.4, 0.5) is 10.2 Å². The van der Waals surface area contributed by atoms with Crippen LogP contribution in [0.1, 0.15) is 54.6 Å². The number of amides is 1. The smallest absolute Gasteiger partial charge is 0.224 e. The van der Waals surface area contributed by atoms with Crippen LogP contribution in [0, 0.1) is 0 Å². The minimum Gasteiger partial charge on any atom is -0.325 e. The minimum atomic E-state index is -0.0154. The first kappa shape index (κ1) is 14.4. The quantitative estimate of drug-likeness (QED) is 0.648. The molecule has 0 fully saturated rings. The summed E-state index contributed by atoms with van der Waals surface area (Å²) < 4.78 is 11.9. The summed E-state index contributed by atoms with van der Waals surface area (Å²) in [7, 11) is 0. The van der Waals surface area contributed by atoms with Gasteiger partial charge in [-0.3, -0.25) is 9.78 Å². The Balaban J connectivity index is 1.83. The number of pyridine rings is 1. The van der Waals surface area contributed by atoms with Crippen LogP contribution in [0.3, 0.4) is 0 Å². The Morgan fingerprint density at radius 2 is 1.71 bits per heavy atom. The van der Waals surface area contributed by atoms with Crippen molar-refractivity contribution in [3.8, 4) is 0 Å². The number of anilines is 1. The van der Waals surface area contributed by atoms with Crippen molar-refractivity contribution in [3.63, 3.8) is 0 Å². The van der Waals surface area contributed by atoms with E-state index in [0.29, 0.717) is 12.8 Å². The van der Waals surface area contributed by atoms with Crippen molar-refractivity contribution in [3.05, 3.63) is 22.5 Å². The van der Waals surface area contributed by atoms with E-state index >= 15 is 0 Å².